The van der Waals surface area contributed by atoms with E-state index < -0.39 is 0 Å². The van der Waals surface area contributed by atoms with Gasteiger partial charge < -0.3 is 5.32 Å². The first-order chi connectivity index (χ1) is 13.5. The number of ketones is 1. The number of rotatable bonds is 7. The molecule has 1 aromatic carbocycles. The van der Waals surface area contributed by atoms with Crippen LogP contribution in [0.2, 0.25) is 0 Å². The molecule has 1 aliphatic carbocycles. The van der Waals surface area contributed by atoms with Gasteiger partial charge in [0.2, 0.25) is 5.91 Å². The number of carbonyl (C=O) groups excluding carboxylic acids is 2. The summed E-state index contributed by atoms with van der Waals surface area (Å²) in [7, 11) is 0. The fraction of sp³-hybridized carbons (Fsp3) is 0.300. The van der Waals surface area contributed by atoms with Gasteiger partial charge in [0.15, 0.2) is 16.8 Å². The molecular weight excluding hydrogens is 392 g/mol. The molecule has 3 aromatic rings. The van der Waals surface area contributed by atoms with E-state index >= 15 is 0 Å². The number of hydrogen-bond donors (Lipinski definition) is 1. The largest absolute Gasteiger partial charge is 0.325 e. The van der Waals surface area contributed by atoms with E-state index in [9.17, 15) is 9.59 Å². The highest BCUT2D eigenvalue weighted by Crippen LogP contribution is 2.42. The van der Waals surface area contributed by atoms with Crippen LogP contribution in [0.25, 0.3) is 10.7 Å². The van der Waals surface area contributed by atoms with Crippen molar-refractivity contribution in [3.05, 3.63) is 47.3 Å². The van der Waals surface area contributed by atoms with E-state index in [0.717, 1.165) is 28.7 Å². The van der Waals surface area contributed by atoms with Crippen molar-refractivity contribution in [2.75, 3.05) is 5.32 Å². The summed E-state index contributed by atoms with van der Waals surface area (Å²) in [5, 5.41) is 14.1. The van der Waals surface area contributed by atoms with E-state index in [1.807, 2.05) is 24.4 Å². The zero-order valence-electron chi connectivity index (χ0n) is 15.6. The molecule has 0 bridgehead atoms. The fourth-order valence-electron chi connectivity index (χ4n) is 2.86. The molecule has 1 aliphatic rings. The minimum atomic E-state index is -0.348. The summed E-state index contributed by atoms with van der Waals surface area (Å²) in [4.78, 5) is 25.3. The molecule has 0 aliphatic heterocycles. The molecule has 1 fully saturated rings. The highest BCUT2D eigenvalue weighted by atomic mass is 32.2. The molecule has 28 heavy (non-hydrogen) atoms. The summed E-state index contributed by atoms with van der Waals surface area (Å²) in [5.41, 5.74) is 1.19. The Labute approximate surface area is 171 Å². The number of nitrogens with zero attached hydrogens (tertiary/aromatic N) is 3. The van der Waals surface area contributed by atoms with Crippen LogP contribution in [-0.4, -0.2) is 31.7 Å². The molecule has 2 heterocycles. The van der Waals surface area contributed by atoms with E-state index in [4.69, 9.17) is 0 Å². The maximum atomic E-state index is 12.7. The van der Waals surface area contributed by atoms with Gasteiger partial charge in [-0.15, -0.1) is 21.5 Å². The normalized spacial score (nSPS) is 14.6. The van der Waals surface area contributed by atoms with Crippen LogP contribution in [-0.2, 0) is 4.79 Å². The minimum Gasteiger partial charge on any atom is -0.325 e. The molecule has 0 spiro atoms. The van der Waals surface area contributed by atoms with Gasteiger partial charge in [0.1, 0.15) is 0 Å². The van der Waals surface area contributed by atoms with Gasteiger partial charge in [0, 0.05) is 17.3 Å². The van der Waals surface area contributed by atoms with Crippen molar-refractivity contribution >= 4 is 40.5 Å². The summed E-state index contributed by atoms with van der Waals surface area (Å²) < 4.78 is 2.16. The van der Waals surface area contributed by atoms with E-state index in [2.05, 4.69) is 20.1 Å². The Balaban J connectivity index is 1.49. The maximum absolute atomic E-state index is 12.7. The van der Waals surface area contributed by atoms with Crippen LogP contribution < -0.4 is 5.32 Å². The van der Waals surface area contributed by atoms with Crippen molar-refractivity contribution in [3.8, 4) is 10.7 Å². The molecule has 1 saturated carbocycles. The Morgan fingerprint density at radius 2 is 2.07 bits per heavy atom. The van der Waals surface area contributed by atoms with Gasteiger partial charge in [0.25, 0.3) is 0 Å². The highest BCUT2D eigenvalue weighted by molar-refractivity contribution is 8.00. The average molecular weight is 413 g/mol. The first kappa shape index (κ1) is 18.9. The molecule has 0 radical (unpaired) electrons. The summed E-state index contributed by atoms with van der Waals surface area (Å²) in [6, 6.07) is 11.4. The Kier molecular flexibility index (Phi) is 5.32. The molecule has 0 saturated heterocycles. The van der Waals surface area contributed by atoms with Gasteiger partial charge in [0.05, 0.1) is 10.1 Å². The van der Waals surface area contributed by atoms with E-state index in [-0.39, 0.29) is 16.9 Å². The second-order valence-electron chi connectivity index (χ2n) is 6.77. The SMILES string of the molecule is CC(=O)c1cccc(NC(=O)[C@@H](C)Sc2nnc(-c3cccs3)n2C2CC2)c1. The number of amides is 1. The van der Waals surface area contributed by atoms with E-state index in [1.54, 1.807) is 35.6 Å². The molecular formula is C20H20N4O2S2. The zero-order valence-corrected chi connectivity index (χ0v) is 17.2. The first-order valence-corrected chi connectivity index (χ1v) is 10.9. The van der Waals surface area contributed by atoms with Crippen molar-refractivity contribution in [2.45, 2.75) is 43.1 Å². The lowest BCUT2D eigenvalue weighted by atomic mass is 10.1. The number of hydrogen-bond acceptors (Lipinski definition) is 6. The van der Waals surface area contributed by atoms with Gasteiger partial charge >= 0.3 is 0 Å². The molecule has 4 rings (SSSR count). The van der Waals surface area contributed by atoms with Gasteiger partial charge in [-0.25, -0.2) is 0 Å². The fourth-order valence-corrected chi connectivity index (χ4v) is 4.49. The number of aromatic nitrogens is 3. The molecule has 0 unspecified atom stereocenters. The standard InChI is InChI=1S/C20H20N4O2S2/c1-12(25)14-5-3-6-15(11-14)21-19(26)13(2)28-20-23-22-18(17-7-4-10-27-17)24(20)16-8-9-16/h3-7,10-11,13,16H,8-9H2,1-2H3,(H,21,26)/t13-/m1/s1. The van der Waals surface area contributed by atoms with Gasteiger partial charge in [-0.3, -0.25) is 14.2 Å². The van der Waals surface area contributed by atoms with Crippen LogP contribution in [0.5, 0.6) is 0 Å². The van der Waals surface area contributed by atoms with Crippen LogP contribution in [0.15, 0.2) is 46.9 Å². The van der Waals surface area contributed by atoms with E-state index in [0.29, 0.717) is 17.3 Å². The monoisotopic (exact) mass is 412 g/mol. The lowest BCUT2D eigenvalue weighted by Gasteiger charge is -2.13. The maximum Gasteiger partial charge on any atom is 0.237 e. The van der Waals surface area contributed by atoms with Crippen LogP contribution in [0.3, 0.4) is 0 Å². The number of Topliss-reactive ketones (excluding diaryl/α,β-unsaturated/α-hetero) is 1. The Hall–Kier alpha value is -2.45. The number of carbonyl (C=O) groups is 2. The third kappa shape index (κ3) is 4.02. The van der Waals surface area contributed by atoms with Crippen molar-refractivity contribution in [3.63, 3.8) is 0 Å². The number of anilines is 1. The Bertz CT molecular complexity index is 1010. The van der Waals surface area contributed by atoms with Crippen molar-refractivity contribution in [2.24, 2.45) is 0 Å². The zero-order chi connectivity index (χ0) is 19.7. The van der Waals surface area contributed by atoms with Crippen LogP contribution >= 0.6 is 23.1 Å². The molecule has 144 valence electrons. The third-order valence-corrected chi connectivity index (χ3v) is 6.43. The Morgan fingerprint density at radius 3 is 2.75 bits per heavy atom. The number of thiophene rings is 1. The predicted molar refractivity (Wildman–Crippen MR) is 112 cm³/mol. The first-order valence-electron chi connectivity index (χ1n) is 9.10. The smallest absolute Gasteiger partial charge is 0.237 e. The highest BCUT2D eigenvalue weighted by Gasteiger charge is 2.31. The average Bonchev–Trinajstić information content (AvgIpc) is 3.20. The summed E-state index contributed by atoms with van der Waals surface area (Å²) in [6.07, 6.45) is 2.23. The topological polar surface area (TPSA) is 76.9 Å². The molecule has 1 atom stereocenters. The number of thioether (sulfide) groups is 1. The quantitative estimate of drug-likeness (QED) is 0.451. The summed E-state index contributed by atoms with van der Waals surface area (Å²) >= 11 is 3.05. The molecule has 1 amide bonds. The molecule has 1 N–H and O–H groups in total. The van der Waals surface area contributed by atoms with E-state index in [1.165, 1.54) is 18.7 Å². The van der Waals surface area contributed by atoms with Crippen molar-refractivity contribution in [1.29, 1.82) is 0 Å². The number of benzene rings is 1. The van der Waals surface area contributed by atoms with Crippen LogP contribution in [0.1, 0.15) is 43.1 Å². The van der Waals surface area contributed by atoms with Gasteiger partial charge in [-0.05, 0) is 50.3 Å². The minimum absolute atomic E-state index is 0.0304. The predicted octanol–water partition coefficient (Wildman–Crippen LogP) is 4.66. The van der Waals surface area contributed by atoms with Crippen molar-refractivity contribution in [1.82, 2.24) is 14.8 Å². The van der Waals surface area contributed by atoms with Gasteiger partial charge in [-0.1, -0.05) is 30.0 Å². The summed E-state index contributed by atoms with van der Waals surface area (Å²) in [5.74, 6) is 0.715. The third-order valence-electron chi connectivity index (χ3n) is 4.51. The van der Waals surface area contributed by atoms with Crippen LogP contribution in [0.4, 0.5) is 5.69 Å². The second kappa shape index (κ2) is 7.89. The Morgan fingerprint density at radius 1 is 1.25 bits per heavy atom. The second-order valence-corrected chi connectivity index (χ2v) is 9.03. The summed E-state index contributed by atoms with van der Waals surface area (Å²) in [6.45, 7) is 3.36. The molecule has 8 heteroatoms. The van der Waals surface area contributed by atoms with Crippen LogP contribution in [0, 0.1) is 0 Å². The van der Waals surface area contributed by atoms with Crippen molar-refractivity contribution < 1.29 is 9.59 Å². The lowest BCUT2D eigenvalue weighted by molar-refractivity contribution is -0.115. The van der Waals surface area contributed by atoms with Gasteiger partial charge in [-0.2, -0.15) is 0 Å². The number of nitrogens with one attached hydrogen (secondary N) is 1. The molecule has 6 nitrogen and oxygen atoms in total. The molecule has 2 aromatic heterocycles. The lowest BCUT2D eigenvalue weighted by Crippen LogP contribution is -2.23.